The van der Waals surface area contributed by atoms with E-state index in [-0.39, 0.29) is 0 Å². The Morgan fingerprint density at radius 1 is 1.06 bits per heavy atom. The number of halogens is 1. The molecule has 1 saturated heterocycles. The van der Waals surface area contributed by atoms with Gasteiger partial charge in [-0.1, -0.05) is 6.07 Å². The highest BCUT2D eigenvalue weighted by molar-refractivity contribution is 9.10. The van der Waals surface area contributed by atoms with Crippen LogP contribution in [0.3, 0.4) is 0 Å². The first-order valence-corrected chi connectivity index (χ1v) is 10.8. The third kappa shape index (κ3) is 5.18. The van der Waals surface area contributed by atoms with Crippen molar-refractivity contribution in [3.05, 3.63) is 59.0 Å². The van der Waals surface area contributed by atoms with Gasteiger partial charge in [0.25, 0.3) is 0 Å². The van der Waals surface area contributed by atoms with Gasteiger partial charge in [0.15, 0.2) is 5.82 Å². The Labute approximate surface area is 189 Å². The van der Waals surface area contributed by atoms with Crippen LogP contribution in [0.1, 0.15) is 5.56 Å². The van der Waals surface area contributed by atoms with Gasteiger partial charge >= 0.3 is 0 Å². The molecule has 3 aromatic rings. The molecule has 0 atom stereocenters. The van der Waals surface area contributed by atoms with Crippen LogP contribution in [0.4, 0.5) is 11.6 Å². The first-order chi connectivity index (χ1) is 15.2. The number of ether oxygens (including phenoxy) is 1. The maximum absolute atomic E-state index is 5.46. The lowest BCUT2D eigenvalue weighted by molar-refractivity contribution is 0.249. The monoisotopic (exact) mass is 481 g/mol. The average molecular weight is 482 g/mol. The summed E-state index contributed by atoms with van der Waals surface area (Å²) in [6.45, 7) is 4.69. The van der Waals surface area contributed by atoms with Gasteiger partial charge in [0.1, 0.15) is 5.82 Å². The lowest BCUT2D eigenvalue weighted by atomic mass is 10.1. The number of nitrogens with zero attached hydrogens (tertiary/aromatic N) is 6. The van der Waals surface area contributed by atoms with Crippen molar-refractivity contribution in [1.82, 2.24) is 19.9 Å². The Morgan fingerprint density at radius 2 is 1.90 bits per heavy atom. The summed E-state index contributed by atoms with van der Waals surface area (Å²) >= 11 is 3.47. The second-order valence-electron chi connectivity index (χ2n) is 7.18. The Morgan fingerprint density at radius 3 is 2.55 bits per heavy atom. The number of aliphatic imine (C=N–C) groups is 1. The van der Waals surface area contributed by atoms with Crippen LogP contribution < -0.4 is 15.4 Å². The van der Waals surface area contributed by atoms with Crippen molar-refractivity contribution in [3.8, 4) is 17.0 Å². The fourth-order valence-corrected chi connectivity index (χ4v) is 3.90. The van der Waals surface area contributed by atoms with Crippen LogP contribution in [0, 0.1) is 0 Å². The second-order valence-corrected chi connectivity index (χ2v) is 8.10. The Bertz CT molecular complexity index is 1030. The number of hydrogen-bond donors (Lipinski definition) is 1. The molecule has 0 aromatic carbocycles. The van der Waals surface area contributed by atoms with Crippen molar-refractivity contribution >= 4 is 33.9 Å². The van der Waals surface area contributed by atoms with E-state index >= 15 is 0 Å². The maximum atomic E-state index is 5.46. The zero-order valence-corrected chi connectivity index (χ0v) is 18.9. The third-order valence-corrected chi connectivity index (χ3v) is 5.63. The molecule has 31 heavy (non-hydrogen) atoms. The zero-order chi connectivity index (χ0) is 21.6. The van der Waals surface area contributed by atoms with Crippen LogP contribution in [0.5, 0.6) is 5.88 Å². The summed E-state index contributed by atoms with van der Waals surface area (Å²) in [5, 5.41) is 0. The first-order valence-electron chi connectivity index (χ1n) is 9.98. The molecule has 1 aliphatic rings. The molecular formula is C22H24BrN7O. The van der Waals surface area contributed by atoms with Crippen molar-refractivity contribution in [1.29, 1.82) is 0 Å². The molecule has 3 aromatic heterocycles. The maximum Gasteiger partial charge on any atom is 0.212 e. The largest absolute Gasteiger partial charge is 0.481 e. The lowest BCUT2D eigenvalue weighted by Crippen LogP contribution is -2.46. The number of anilines is 1. The predicted molar refractivity (Wildman–Crippen MR) is 126 cm³/mol. The molecule has 2 N–H and O–H groups in total. The van der Waals surface area contributed by atoms with Crippen LogP contribution in [0.15, 0.2) is 58.4 Å². The smallest absolute Gasteiger partial charge is 0.212 e. The summed E-state index contributed by atoms with van der Waals surface area (Å²) in [4.78, 5) is 22.2. The SMILES string of the molecule is COc1ccc(CN2CCN(c3ccc(-c4cc(Br)cnc4N=CN)cn3)CC2)cn1. The quantitative estimate of drug-likeness (QED) is 0.426. The standard InChI is InChI=1S/C22H24BrN7O/c1-31-21-5-2-16(11-26-21)14-29-6-8-30(9-7-29)20-4-3-17(12-25-20)19-10-18(23)13-27-22(19)28-15-24/h2-5,10-13,15H,6-9,14H2,1H3,(H2,24,27,28). The number of rotatable bonds is 6. The molecule has 4 heterocycles. The number of pyridine rings is 3. The van der Waals surface area contributed by atoms with Crippen LogP contribution in [0.25, 0.3) is 11.1 Å². The summed E-state index contributed by atoms with van der Waals surface area (Å²) in [5.74, 6) is 2.19. The summed E-state index contributed by atoms with van der Waals surface area (Å²) < 4.78 is 6.01. The van der Waals surface area contributed by atoms with E-state index in [9.17, 15) is 0 Å². The minimum absolute atomic E-state index is 0.571. The van der Waals surface area contributed by atoms with Gasteiger partial charge in [-0.15, -0.1) is 0 Å². The number of aromatic nitrogens is 3. The normalized spacial score (nSPS) is 14.8. The van der Waals surface area contributed by atoms with E-state index in [2.05, 4.69) is 58.9 Å². The molecule has 0 saturated carbocycles. The summed E-state index contributed by atoms with van der Waals surface area (Å²) in [5.41, 5.74) is 8.48. The molecule has 0 radical (unpaired) electrons. The number of methoxy groups -OCH3 is 1. The fourth-order valence-electron chi connectivity index (χ4n) is 3.57. The highest BCUT2D eigenvalue weighted by Crippen LogP contribution is 2.31. The molecule has 9 heteroatoms. The summed E-state index contributed by atoms with van der Waals surface area (Å²) in [7, 11) is 1.63. The topological polar surface area (TPSA) is 92.8 Å². The van der Waals surface area contributed by atoms with Gasteiger partial charge in [-0.25, -0.2) is 19.9 Å². The summed E-state index contributed by atoms with van der Waals surface area (Å²) in [6, 6.07) is 10.0. The first kappa shape index (κ1) is 21.2. The van der Waals surface area contributed by atoms with Crippen LogP contribution in [-0.2, 0) is 6.54 Å². The summed E-state index contributed by atoms with van der Waals surface area (Å²) in [6.07, 6.45) is 6.70. The Kier molecular flexibility index (Phi) is 6.73. The molecule has 0 amide bonds. The van der Waals surface area contributed by atoms with E-state index in [0.717, 1.165) is 54.1 Å². The van der Waals surface area contributed by atoms with Crippen molar-refractivity contribution < 1.29 is 4.74 Å². The third-order valence-electron chi connectivity index (χ3n) is 5.20. The van der Waals surface area contributed by atoms with Gasteiger partial charge in [0.2, 0.25) is 5.88 Å². The molecule has 1 fully saturated rings. The minimum atomic E-state index is 0.571. The molecule has 0 spiro atoms. The van der Waals surface area contributed by atoms with Gasteiger partial charge in [0, 0.05) is 73.0 Å². The molecular weight excluding hydrogens is 458 g/mol. The van der Waals surface area contributed by atoms with Gasteiger partial charge in [0.05, 0.1) is 13.4 Å². The Balaban J connectivity index is 1.39. The van der Waals surface area contributed by atoms with Crippen molar-refractivity contribution in [2.75, 3.05) is 38.2 Å². The van der Waals surface area contributed by atoms with Gasteiger partial charge in [-0.2, -0.15) is 0 Å². The predicted octanol–water partition coefficient (Wildman–Crippen LogP) is 3.25. The van der Waals surface area contributed by atoms with Crippen LogP contribution >= 0.6 is 15.9 Å². The number of nitrogens with two attached hydrogens (primary N) is 1. The molecule has 0 unspecified atom stereocenters. The number of hydrogen-bond acceptors (Lipinski definition) is 7. The van der Waals surface area contributed by atoms with E-state index < -0.39 is 0 Å². The fraction of sp³-hybridized carbons (Fsp3) is 0.273. The molecule has 0 aliphatic carbocycles. The van der Waals surface area contributed by atoms with Crippen molar-refractivity contribution in [3.63, 3.8) is 0 Å². The highest BCUT2D eigenvalue weighted by atomic mass is 79.9. The number of piperazine rings is 1. The van der Waals surface area contributed by atoms with Crippen LogP contribution in [-0.4, -0.2) is 59.5 Å². The lowest BCUT2D eigenvalue weighted by Gasteiger charge is -2.35. The van der Waals surface area contributed by atoms with Crippen LogP contribution in [0.2, 0.25) is 0 Å². The van der Waals surface area contributed by atoms with E-state index in [1.165, 1.54) is 11.9 Å². The molecule has 1 aliphatic heterocycles. The highest BCUT2D eigenvalue weighted by Gasteiger charge is 2.18. The molecule has 4 rings (SSSR count). The van der Waals surface area contributed by atoms with Gasteiger partial charge in [-0.3, -0.25) is 4.90 Å². The van der Waals surface area contributed by atoms with Crippen molar-refractivity contribution in [2.45, 2.75) is 6.54 Å². The van der Waals surface area contributed by atoms with Crippen molar-refractivity contribution in [2.24, 2.45) is 10.7 Å². The molecule has 160 valence electrons. The van der Waals surface area contributed by atoms with E-state index in [1.807, 2.05) is 24.5 Å². The Hall–Kier alpha value is -3.04. The van der Waals surface area contributed by atoms with Gasteiger partial charge < -0.3 is 15.4 Å². The minimum Gasteiger partial charge on any atom is -0.481 e. The molecule has 8 nitrogen and oxygen atoms in total. The molecule has 0 bridgehead atoms. The van der Waals surface area contributed by atoms with Gasteiger partial charge in [-0.05, 0) is 39.7 Å². The zero-order valence-electron chi connectivity index (χ0n) is 17.3. The average Bonchev–Trinajstić information content (AvgIpc) is 2.81. The van der Waals surface area contributed by atoms with E-state index in [4.69, 9.17) is 15.5 Å². The van der Waals surface area contributed by atoms with E-state index in [0.29, 0.717) is 11.7 Å². The van der Waals surface area contributed by atoms with E-state index in [1.54, 1.807) is 13.3 Å². The second kappa shape index (κ2) is 9.84.